The summed E-state index contributed by atoms with van der Waals surface area (Å²) in [5.41, 5.74) is 1.54. The van der Waals surface area contributed by atoms with E-state index >= 15 is 0 Å². The topological polar surface area (TPSA) is 96.0 Å². The molecular weight excluding hydrogens is 514 g/mol. The van der Waals surface area contributed by atoms with Crippen molar-refractivity contribution in [3.8, 4) is 15.5 Å². The first kappa shape index (κ1) is 26.6. The second kappa shape index (κ2) is 11.4. The Morgan fingerprint density at radius 2 is 1.67 bits per heavy atom. The zero-order valence-electron chi connectivity index (χ0n) is 21.9. The molecule has 39 heavy (non-hydrogen) atoms. The highest BCUT2D eigenvalue weighted by Gasteiger charge is 2.52. The molecule has 202 valence electrons. The van der Waals surface area contributed by atoms with Crippen molar-refractivity contribution >= 4 is 35.0 Å². The lowest BCUT2D eigenvalue weighted by atomic mass is 10.0. The Kier molecular flexibility index (Phi) is 7.79. The Bertz CT molecular complexity index is 1360. The average molecular weight is 546 g/mol. The second-order valence-electron chi connectivity index (χ2n) is 10.3. The van der Waals surface area contributed by atoms with Crippen molar-refractivity contribution in [3.63, 3.8) is 0 Å². The van der Waals surface area contributed by atoms with E-state index in [9.17, 15) is 19.2 Å². The summed E-state index contributed by atoms with van der Waals surface area (Å²) in [6.07, 6.45) is 0.184. The molecule has 3 heterocycles. The zero-order chi connectivity index (χ0) is 27.5. The lowest BCUT2D eigenvalue weighted by Gasteiger charge is -2.28. The predicted molar refractivity (Wildman–Crippen MR) is 149 cm³/mol. The van der Waals surface area contributed by atoms with E-state index < -0.39 is 18.2 Å². The van der Waals surface area contributed by atoms with E-state index in [2.05, 4.69) is 5.32 Å². The summed E-state index contributed by atoms with van der Waals surface area (Å²) in [6.45, 7) is 4.24. The van der Waals surface area contributed by atoms with Crippen LogP contribution in [-0.2, 0) is 9.59 Å². The second-order valence-corrected chi connectivity index (χ2v) is 11.3. The number of hydrogen-bond acceptors (Lipinski definition) is 6. The van der Waals surface area contributed by atoms with Gasteiger partial charge in [0.15, 0.2) is 10.8 Å². The fraction of sp³-hybridized carbons (Fsp3) is 0.333. The SMILES string of the molecule is CC(C)CC(NC(=O)Oc1ccc(-c2ccccc2)s1)C(=O)N1CCC2C1C(=O)CN2C(=O)c1ccccc1. The summed E-state index contributed by atoms with van der Waals surface area (Å²) in [5, 5.41) is 3.16. The summed E-state index contributed by atoms with van der Waals surface area (Å²) in [7, 11) is 0. The highest BCUT2D eigenvalue weighted by Crippen LogP contribution is 2.34. The van der Waals surface area contributed by atoms with Gasteiger partial charge in [-0.05, 0) is 48.6 Å². The number of thiophene rings is 1. The van der Waals surface area contributed by atoms with Crippen LogP contribution in [0, 0.1) is 5.92 Å². The van der Waals surface area contributed by atoms with Crippen molar-refractivity contribution in [1.82, 2.24) is 15.1 Å². The molecular formula is C30H31N3O5S. The van der Waals surface area contributed by atoms with Crippen LogP contribution in [0.1, 0.15) is 37.0 Å². The van der Waals surface area contributed by atoms with Gasteiger partial charge in [-0.15, -0.1) is 0 Å². The number of likely N-dealkylation sites (tertiary alicyclic amines) is 2. The van der Waals surface area contributed by atoms with E-state index in [1.165, 1.54) is 16.2 Å². The van der Waals surface area contributed by atoms with Gasteiger partial charge in [-0.1, -0.05) is 73.7 Å². The van der Waals surface area contributed by atoms with Crippen molar-refractivity contribution in [2.45, 2.75) is 44.8 Å². The molecule has 0 saturated carbocycles. The Labute approximate surface area is 231 Å². The third-order valence-electron chi connectivity index (χ3n) is 7.12. The number of fused-ring (bicyclic) bond motifs is 1. The molecule has 2 aliphatic rings. The number of benzene rings is 2. The molecule has 1 N–H and O–H groups in total. The van der Waals surface area contributed by atoms with Gasteiger partial charge in [0, 0.05) is 17.0 Å². The molecule has 2 aliphatic heterocycles. The zero-order valence-corrected chi connectivity index (χ0v) is 22.7. The number of Topliss-reactive ketones (excluding diaryl/α,β-unsaturated/α-hetero) is 1. The van der Waals surface area contributed by atoms with E-state index in [4.69, 9.17) is 4.74 Å². The van der Waals surface area contributed by atoms with Gasteiger partial charge in [-0.2, -0.15) is 0 Å². The minimum Gasteiger partial charge on any atom is -0.399 e. The van der Waals surface area contributed by atoms with Crippen LogP contribution in [0.5, 0.6) is 5.06 Å². The summed E-state index contributed by atoms with van der Waals surface area (Å²) >= 11 is 1.34. The highest BCUT2D eigenvalue weighted by molar-refractivity contribution is 7.17. The van der Waals surface area contributed by atoms with Crippen LogP contribution in [0.15, 0.2) is 72.8 Å². The van der Waals surface area contributed by atoms with Gasteiger partial charge in [0.25, 0.3) is 5.91 Å². The van der Waals surface area contributed by atoms with Gasteiger partial charge in [-0.25, -0.2) is 4.79 Å². The molecule has 3 amide bonds. The molecule has 5 rings (SSSR count). The molecule has 1 aromatic heterocycles. The number of ketones is 1. The van der Waals surface area contributed by atoms with Crippen molar-refractivity contribution in [2.24, 2.45) is 5.92 Å². The smallest absolute Gasteiger partial charge is 0.399 e. The average Bonchev–Trinajstić information content (AvgIpc) is 3.66. The monoisotopic (exact) mass is 545 g/mol. The van der Waals surface area contributed by atoms with Gasteiger partial charge in [0.2, 0.25) is 5.91 Å². The molecule has 2 saturated heterocycles. The molecule has 0 aliphatic carbocycles. The fourth-order valence-corrected chi connectivity index (χ4v) is 6.23. The normalized spacial score (nSPS) is 19.2. The standard InChI is InChI=1S/C30H31N3O5S/c1-19(2)17-22(31-30(37)38-26-14-13-25(39-26)20-9-5-3-6-10-20)29(36)32-16-15-23-27(32)24(34)18-33(23)28(35)21-11-7-4-8-12-21/h3-14,19,22-23,27H,15-18H2,1-2H3,(H,31,37). The molecule has 8 nitrogen and oxygen atoms in total. The summed E-state index contributed by atoms with van der Waals surface area (Å²) < 4.78 is 5.52. The lowest BCUT2D eigenvalue weighted by molar-refractivity contribution is -0.138. The maximum atomic E-state index is 13.7. The summed E-state index contributed by atoms with van der Waals surface area (Å²) in [4.78, 5) is 56.8. The van der Waals surface area contributed by atoms with E-state index in [1.807, 2.05) is 56.3 Å². The third-order valence-corrected chi connectivity index (χ3v) is 8.13. The molecule has 2 fully saturated rings. The number of ether oxygens (including phenoxy) is 1. The van der Waals surface area contributed by atoms with Gasteiger partial charge in [-0.3, -0.25) is 14.4 Å². The summed E-state index contributed by atoms with van der Waals surface area (Å²) in [5.74, 6) is -0.587. The first-order chi connectivity index (χ1) is 18.8. The summed E-state index contributed by atoms with van der Waals surface area (Å²) in [6, 6.07) is 20.3. The van der Waals surface area contributed by atoms with Gasteiger partial charge >= 0.3 is 6.09 Å². The molecule has 3 aromatic rings. The number of hydrogen-bond donors (Lipinski definition) is 1. The molecule has 9 heteroatoms. The van der Waals surface area contributed by atoms with Crippen molar-refractivity contribution < 1.29 is 23.9 Å². The number of carbonyl (C=O) groups is 4. The van der Waals surface area contributed by atoms with E-state index in [1.54, 1.807) is 35.2 Å². The van der Waals surface area contributed by atoms with Gasteiger partial charge < -0.3 is 19.9 Å². The highest BCUT2D eigenvalue weighted by atomic mass is 32.1. The third kappa shape index (κ3) is 5.73. The minimum atomic E-state index is -0.850. The number of amides is 3. The maximum absolute atomic E-state index is 13.7. The first-order valence-corrected chi connectivity index (χ1v) is 14.0. The van der Waals surface area contributed by atoms with Gasteiger partial charge in [0.1, 0.15) is 12.1 Å². The lowest BCUT2D eigenvalue weighted by Crippen LogP contribution is -2.53. The largest absolute Gasteiger partial charge is 0.414 e. The molecule has 3 atom stereocenters. The van der Waals surface area contributed by atoms with Crippen LogP contribution in [0.2, 0.25) is 0 Å². The Morgan fingerprint density at radius 3 is 2.36 bits per heavy atom. The molecule has 2 aromatic carbocycles. The number of rotatable bonds is 7. The Balaban J connectivity index is 1.26. The van der Waals surface area contributed by atoms with Crippen LogP contribution in [0.3, 0.4) is 0 Å². The van der Waals surface area contributed by atoms with Crippen LogP contribution in [0.25, 0.3) is 10.4 Å². The quantitative estimate of drug-likeness (QED) is 0.468. The molecule has 0 radical (unpaired) electrons. The number of nitrogens with zero attached hydrogens (tertiary/aromatic N) is 2. The van der Waals surface area contributed by atoms with Crippen LogP contribution >= 0.6 is 11.3 Å². The van der Waals surface area contributed by atoms with E-state index in [-0.39, 0.29) is 36.1 Å². The van der Waals surface area contributed by atoms with Crippen LogP contribution in [-0.4, -0.2) is 64.7 Å². The number of nitrogens with one attached hydrogen (secondary N) is 1. The van der Waals surface area contributed by atoms with Crippen LogP contribution < -0.4 is 10.1 Å². The van der Waals surface area contributed by atoms with E-state index in [0.29, 0.717) is 30.0 Å². The Morgan fingerprint density at radius 1 is 0.974 bits per heavy atom. The molecule has 3 unspecified atom stereocenters. The van der Waals surface area contributed by atoms with Crippen LogP contribution in [0.4, 0.5) is 4.79 Å². The number of carbonyl (C=O) groups excluding carboxylic acids is 4. The minimum absolute atomic E-state index is 0.0285. The predicted octanol–water partition coefficient (Wildman–Crippen LogP) is 4.61. The van der Waals surface area contributed by atoms with E-state index in [0.717, 1.165) is 10.4 Å². The van der Waals surface area contributed by atoms with Gasteiger partial charge in [0.05, 0.1) is 12.6 Å². The molecule has 0 bridgehead atoms. The maximum Gasteiger partial charge on any atom is 0.414 e. The fourth-order valence-electron chi connectivity index (χ4n) is 5.37. The van der Waals surface area contributed by atoms with Crippen molar-refractivity contribution in [3.05, 3.63) is 78.4 Å². The first-order valence-electron chi connectivity index (χ1n) is 13.1. The molecule has 0 spiro atoms. The Hall–Kier alpha value is -3.98. The van der Waals surface area contributed by atoms with Crippen molar-refractivity contribution in [1.29, 1.82) is 0 Å². The van der Waals surface area contributed by atoms with Crippen molar-refractivity contribution in [2.75, 3.05) is 13.1 Å².